The molecule has 1 aromatic rings. The Labute approximate surface area is 114 Å². The summed E-state index contributed by atoms with van der Waals surface area (Å²) >= 11 is 0. The van der Waals surface area contributed by atoms with Crippen molar-refractivity contribution in [1.29, 1.82) is 0 Å². The highest BCUT2D eigenvalue weighted by Gasteiger charge is 2.37. The van der Waals surface area contributed by atoms with Crippen molar-refractivity contribution in [2.75, 3.05) is 7.11 Å². The molecule has 0 bridgehead atoms. The molecular formula is C16H23FO2. The number of methoxy groups -OCH3 is 1. The van der Waals surface area contributed by atoms with Gasteiger partial charge in [-0.05, 0) is 41.9 Å². The molecule has 1 saturated carbocycles. The van der Waals surface area contributed by atoms with Crippen LogP contribution < -0.4 is 4.74 Å². The molecule has 1 N–H and O–H groups in total. The average Bonchev–Trinajstić information content (AvgIpc) is 2.37. The first-order valence-electron chi connectivity index (χ1n) is 6.97. The Kier molecular flexibility index (Phi) is 4.14. The number of aliphatic hydroxyl groups excluding tert-OH is 1. The second-order valence-electron chi connectivity index (χ2n) is 6.18. The van der Waals surface area contributed by atoms with E-state index in [9.17, 15) is 9.50 Å². The van der Waals surface area contributed by atoms with Crippen molar-refractivity contribution in [3.63, 3.8) is 0 Å². The number of rotatable bonds is 3. The fraction of sp³-hybridized carbons (Fsp3) is 0.625. The average molecular weight is 266 g/mol. The lowest BCUT2D eigenvalue weighted by Gasteiger charge is -2.41. The first-order chi connectivity index (χ1) is 8.95. The Morgan fingerprint density at radius 2 is 2.11 bits per heavy atom. The molecule has 0 saturated heterocycles. The van der Waals surface area contributed by atoms with E-state index < -0.39 is 11.9 Å². The third kappa shape index (κ3) is 2.92. The molecule has 2 atom stereocenters. The van der Waals surface area contributed by atoms with Crippen molar-refractivity contribution in [3.8, 4) is 5.75 Å². The van der Waals surface area contributed by atoms with Crippen molar-refractivity contribution >= 4 is 0 Å². The van der Waals surface area contributed by atoms with Crippen molar-refractivity contribution in [2.24, 2.45) is 11.3 Å². The number of aliphatic hydroxyl groups is 1. The third-order valence-corrected chi connectivity index (χ3v) is 4.49. The Bertz CT molecular complexity index is 442. The summed E-state index contributed by atoms with van der Waals surface area (Å²) in [5.41, 5.74) is 0.756. The summed E-state index contributed by atoms with van der Waals surface area (Å²) in [6.45, 7) is 4.39. The fourth-order valence-corrected chi connectivity index (χ4v) is 3.21. The summed E-state index contributed by atoms with van der Waals surface area (Å²) in [6.07, 6.45) is 3.88. The monoisotopic (exact) mass is 266 g/mol. The van der Waals surface area contributed by atoms with E-state index in [1.54, 1.807) is 12.1 Å². The van der Waals surface area contributed by atoms with Crippen LogP contribution in [0.5, 0.6) is 5.75 Å². The third-order valence-electron chi connectivity index (χ3n) is 4.49. The lowest BCUT2D eigenvalue weighted by molar-refractivity contribution is 0.00367. The van der Waals surface area contributed by atoms with Gasteiger partial charge in [-0.2, -0.15) is 0 Å². The number of halogens is 1. The molecule has 0 aliphatic heterocycles. The van der Waals surface area contributed by atoms with Crippen LogP contribution in [0.2, 0.25) is 0 Å². The largest absolute Gasteiger partial charge is 0.494 e. The SMILES string of the molecule is COc1ccc(C(O)C2CCCCC2(C)C)cc1F. The quantitative estimate of drug-likeness (QED) is 0.893. The van der Waals surface area contributed by atoms with E-state index in [1.165, 1.54) is 19.6 Å². The molecule has 0 spiro atoms. The van der Waals surface area contributed by atoms with E-state index in [-0.39, 0.29) is 17.1 Å². The minimum Gasteiger partial charge on any atom is -0.494 e. The predicted octanol–water partition coefficient (Wildman–Crippen LogP) is 4.08. The number of ether oxygens (including phenoxy) is 1. The molecule has 19 heavy (non-hydrogen) atoms. The highest BCUT2D eigenvalue weighted by Crippen LogP contribution is 2.46. The van der Waals surface area contributed by atoms with Crippen LogP contribution in [0.25, 0.3) is 0 Å². The summed E-state index contributed by atoms with van der Waals surface area (Å²) in [6, 6.07) is 4.75. The smallest absolute Gasteiger partial charge is 0.165 e. The number of benzene rings is 1. The summed E-state index contributed by atoms with van der Waals surface area (Å²) in [5.74, 6) is 0.000523. The first-order valence-corrected chi connectivity index (χ1v) is 6.97. The topological polar surface area (TPSA) is 29.5 Å². The number of hydrogen-bond donors (Lipinski definition) is 1. The van der Waals surface area contributed by atoms with Crippen molar-refractivity contribution in [1.82, 2.24) is 0 Å². The van der Waals surface area contributed by atoms with Gasteiger partial charge in [0.05, 0.1) is 13.2 Å². The Balaban J connectivity index is 2.23. The van der Waals surface area contributed by atoms with Crippen LogP contribution in [0.1, 0.15) is 51.2 Å². The van der Waals surface area contributed by atoms with Crippen molar-refractivity contribution < 1.29 is 14.2 Å². The summed E-state index contributed by atoms with van der Waals surface area (Å²) in [4.78, 5) is 0. The fourth-order valence-electron chi connectivity index (χ4n) is 3.21. The van der Waals surface area contributed by atoms with Gasteiger partial charge in [0.2, 0.25) is 0 Å². The molecular weight excluding hydrogens is 243 g/mol. The van der Waals surface area contributed by atoms with E-state index in [0.717, 1.165) is 19.3 Å². The Morgan fingerprint density at radius 1 is 1.37 bits per heavy atom. The normalized spacial score (nSPS) is 23.9. The number of hydrogen-bond acceptors (Lipinski definition) is 2. The molecule has 1 aliphatic carbocycles. The van der Waals surface area contributed by atoms with Crippen molar-refractivity contribution in [2.45, 2.75) is 45.6 Å². The van der Waals surface area contributed by atoms with Crippen LogP contribution in [-0.4, -0.2) is 12.2 Å². The molecule has 0 amide bonds. The van der Waals surface area contributed by atoms with Gasteiger partial charge in [-0.1, -0.05) is 32.8 Å². The van der Waals surface area contributed by atoms with Gasteiger partial charge in [-0.3, -0.25) is 0 Å². The maximum atomic E-state index is 13.7. The summed E-state index contributed by atoms with van der Waals surface area (Å²) < 4.78 is 18.6. The van der Waals surface area contributed by atoms with Crippen LogP contribution in [0.4, 0.5) is 4.39 Å². The summed E-state index contributed by atoms with van der Waals surface area (Å²) in [5, 5.41) is 10.6. The Hall–Kier alpha value is -1.09. The van der Waals surface area contributed by atoms with Crippen molar-refractivity contribution in [3.05, 3.63) is 29.6 Å². The van der Waals surface area contributed by atoms with E-state index in [4.69, 9.17) is 4.74 Å². The molecule has 3 heteroatoms. The zero-order valence-corrected chi connectivity index (χ0v) is 11.9. The van der Waals surface area contributed by atoms with Gasteiger partial charge in [0.1, 0.15) is 0 Å². The minimum absolute atomic E-state index is 0.105. The molecule has 2 rings (SSSR count). The molecule has 1 aliphatic rings. The van der Waals surface area contributed by atoms with Gasteiger partial charge >= 0.3 is 0 Å². The van der Waals surface area contributed by atoms with E-state index in [2.05, 4.69) is 13.8 Å². The molecule has 1 aromatic carbocycles. The second kappa shape index (κ2) is 5.49. The van der Waals surface area contributed by atoms with Crippen LogP contribution >= 0.6 is 0 Å². The summed E-state index contributed by atoms with van der Waals surface area (Å²) in [7, 11) is 1.44. The zero-order chi connectivity index (χ0) is 14.0. The van der Waals surface area contributed by atoms with Gasteiger partial charge in [0.25, 0.3) is 0 Å². The van der Waals surface area contributed by atoms with Gasteiger partial charge in [-0.15, -0.1) is 0 Å². The Morgan fingerprint density at radius 3 is 2.68 bits per heavy atom. The first kappa shape index (κ1) is 14.3. The van der Waals surface area contributed by atoms with E-state index in [0.29, 0.717) is 5.56 Å². The van der Waals surface area contributed by atoms with Crippen LogP contribution in [-0.2, 0) is 0 Å². The minimum atomic E-state index is -0.601. The second-order valence-corrected chi connectivity index (χ2v) is 6.18. The van der Waals surface area contributed by atoms with Crippen LogP contribution in [0, 0.1) is 17.2 Å². The molecule has 2 nitrogen and oxygen atoms in total. The van der Waals surface area contributed by atoms with Crippen LogP contribution in [0.3, 0.4) is 0 Å². The van der Waals surface area contributed by atoms with Crippen LogP contribution in [0.15, 0.2) is 18.2 Å². The molecule has 0 heterocycles. The lowest BCUT2D eigenvalue weighted by Crippen LogP contribution is -2.32. The maximum Gasteiger partial charge on any atom is 0.165 e. The van der Waals surface area contributed by atoms with Gasteiger partial charge in [0, 0.05) is 0 Å². The van der Waals surface area contributed by atoms with E-state index >= 15 is 0 Å². The highest BCUT2D eigenvalue weighted by molar-refractivity contribution is 5.31. The molecule has 106 valence electrons. The standard InChI is InChI=1S/C16H23FO2/c1-16(2)9-5-4-6-12(16)15(18)11-7-8-14(19-3)13(17)10-11/h7-8,10,12,15,18H,4-6,9H2,1-3H3. The van der Waals surface area contributed by atoms with E-state index in [1.807, 2.05) is 0 Å². The zero-order valence-electron chi connectivity index (χ0n) is 11.9. The predicted molar refractivity (Wildman–Crippen MR) is 73.7 cm³/mol. The molecule has 0 radical (unpaired) electrons. The lowest BCUT2D eigenvalue weighted by atomic mass is 9.65. The van der Waals surface area contributed by atoms with Gasteiger partial charge in [0.15, 0.2) is 11.6 Å². The highest BCUT2D eigenvalue weighted by atomic mass is 19.1. The van der Waals surface area contributed by atoms with Gasteiger partial charge < -0.3 is 9.84 Å². The molecule has 1 fully saturated rings. The van der Waals surface area contributed by atoms with Gasteiger partial charge in [-0.25, -0.2) is 4.39 Å². The maximum absolute atomic E-state index is 13.7. The molecule has 2 unspecified atom stereocenters. The molecule has 0 aromatic heterocycles.